The molecular formula is C25H23NO5. The van der Waals surface area contributed by atoms with Crippen LogP contribution in [0.5, 0.6) is 11.5 Å². The molecule has 6 heteroatoms. The van der Waals surface area contributed by atoms with Crippen molar-refractivity contribution in [3.63, 3.8) is 0 Å². The Morgan fingerprint density at radius 2 is 1.87 bits per heavy atom. The molecule has 0 bridgehead atoms. The van der Waals surface area contributed by atoms with Gasteiger partial charge >= 0.3 is 5.97 Å². The quantitative estimate of drug-likeness (QED) is 0.429. The van der Waals surface area contributed by atoms with E-state index in [1.165, 1.54) is 0 Å². The number of benzene rings is 3. The first-order valence-electron chi connectivity index (χ1n) is 9.88. The Morgan fingerprint density at radius 1 is 1.03 bits per heavy atom. The molecule has 158 valence electrons. The van der Waals surface area contributed by atoms with Crippen molar-refractivity contribution < 1.29 is 23.8 Å². The van der Waals surface area contributed by atoms with Crippen LogP contribution in [-0.4, -0.2) is 18.2 Å². The molecule has 3 N–H and O–H groups in total. The monoisotopic (exact) mass is 417 g/mol. The highest BCUT2D eigenvalue weighted by molar-refractivity contribution is 5.86. The van der Waals surface area contributed by atoms with E-state index in [1.54, 1.807) is 31.6 Å². The molecule has 4 aromatic rings. The van der Waals surface area contributed by atoms with Gasteiger partial charge < -0.3 is 24.7 Å². The lowest BCUT2D eigenvalue weighted by atomic mass is 10.0. The Balaban J connectivity index is 1.63. The summed E-state index contributed by atoms with van der Waals surface area (Å²) in [6.45, 7) is 0.721. The van der Waals surface area contributed by atoms with E-state index in [-0.39, 0.29) is 13.0 Å². The van der Waals surface area contributed by atoms with Crippen LogP contribution in [0.2, 0.25) is 0 Å². The number of fused-ring (bicyclic) bond motifs is 1. The molecule has 31 heavy (non-hydrogen) atoms. The van der Waals surface area contributed by atoms with E-state index >= 15 is 0 Å². The Hall–Kier alpha value is -3.77. The maximum absolute atomic E-state index is 11.2. The summed E-state index contributed by atoms with van der Waals surface area (Å²) >= 11 is 0. The first-order chi connectivity index (χ1) is 15.1. The van der Waals surface area contributed by atoms with E-state index in [1.807, 2.05) is 30.3 Å². The van der Waals surface area contributed by atoms with Crippen molar-refractivity contribution in [2.45, 2.75) is 19.6 Å². The second-order valence-corrected chi connectivity index (χ2v) is 7.21. The van der Waals surface area contributed by atoms with Crippen LogP contribution in [-0.2, 0) is 24.4 Å². The van der Waals surface area contributed by atoms with E-state index in [2.05, 4.69) is 12.1 Å². The Bertz CT molecular complexity index is 1230. The van der Waals surface area contributed by atoms with Gasteiger partial charge in [0.05, 0.1) is 19.8 Å². The first-order valence-corrected chi connectivity index (χ1v) is 9.88. The lowest BCUT2D eigenvalue weighted by Gasteiger charge is -2.12. The van der Waals surface area contributed by atoms with Crippen molar-refractivity contribution in [2.75, 3.05) is 7.11 Å². The van der Waals surface area contributed by atoms with Gasteiger partial charge in [-0.25, -0.2) is 0 Å². The maximum Gasteiger partial charge on any atom is 0.307 e. The number of ether oxygens (including phenoxy) is 2. The molecule has 0 spiro atoms. The van der Waals surface area contributed by atoms with Gasteiger partial charge in [0.1, 0.15) is 23.7 Å². The van der Waals surface area contributed by atoms with Crippen LogP contribution in [0.15, 0.2) is 71.3 Å². The number of hydrogen-bond donors (Lipinski definition) is 2. The molecule has 0 fully saturated rings. The highest BCUT2D eigenvalue weighted by atomic mass is 16.5. The van der Waals surface area contributed by atoms with Gasteiger partial charge in [-0.3, -0.25) is 4.79 Å². The zero-order valence-corrected chi connectivity index (χ0v) is 17.1. The highest BCUT2D eigenvalue weighted by Gasteiger charge is 2.13. The molecule has 1 aromatic heterocycles. The topological polar surface area (TPSA) is 94.9 Å². The Kier molecular flexibility index (Phi) is 5.91. The minimum absolute atomic E-state index is 0.132. The van der Waals surface area contributed by atoms with Crippen molar-refractivity contribution in [3.05, 3.63) is 83.6 Å². The molecule has 0 unspecified atom stereocenters. The standard InChI is InChI=1S/C25H23NO5/c1-29-21-7-5-19(11-25(27)28)24(12-21)31-15-20-14-30-23-8-6-18(10-22(20)23)17-4-2-3-16(9-17)13-26/h2-10,12,14H,11,13,15,26H2,1H3,(H,27,28). The minimum atomic E-state index is -0.923. The maximum atomic E-state index is 11.2. The summed E-state index contributed by atoms with van der Waals surface area (Å²) in [7, 11) is 1.56. The van der Waals surface area contributed by atoms with Gasteiger partial charge in [-0.1, -0.05) is 30.3 Å². The predicted octanol–water partition coefficient (Wildman–Crippen LogP) is 4.77. The van der Waals surface area contributed by atoms with Crippen molar-refractivity contribution >= 4 is 16.9 Å². The van der Waals surface area contributed by atoms with Gasteiger partial charge in [0.15, 0.2) is 0 Å². The van der Waals surface area contributed by atoms with Gasteiger partial charge in [0.2, 0.25) is 0 Å². The summed E-state index contributed by atoms with van der Waals surface area (Å²) in [5.41, 5.74) is 11.2. The van der Waals surface area contributed by atoms with Crippen molar-refractivity contribution in [3.8, 4) is 22.6 Å². The second kappa shape index (κ2) is 8.93. The van der Waals surface area contributed by atoms with E-state index < -0.39 is 5.97 Å². The van der Waals surface area contributed by atoms with Crippen LogP contribution in [0.1, 0.15) is 16.7 Å². The number of furan rings is 1. The van der Waals surface area contributed by atoms with Crippen LogP contribution < -0.4 is 15.2 Å². The number of methoxy groups -OCH3 is 1. The second-order valence-electron chi connectivity index (χ2n) is 7.21. The molecule has 3 aromatic carbocycles. The first kappa shape index (κ1) is 20.5. The molecule has 4 rings (SSSR count). The zero-order chi connectivity index (χ0) is 21.8. The molecule has 0 aliphatic heterocycles. The average Bonchev–Trinajstić information content (AvgIpc) is 3.20. The summed E-state index contributed by atoms with van der Waals surface area (Å²) < 4.78 is 16.9. The van der Waals surface area contributed by atoms with E-state index in [0.29, 0.717) is 23.6 Å². The molecule has 0 atom stereocenters. The van der Waals surface area contributed by atoms with Crippen molar-refractivity contribution in [1.82, 2.24) is 0 Å². The van der Waals surface area contributed by atoms with Crippen molar-refractivity contribution in [2.24, 2.45) is 5.73 Å². The number of aliphatic carboxylic acids is 1. The third kappa shape index (κ3) is 4.54. The van der Waals surface area contributed by atoms with Crippen LogP contribution in [0.3, 0.4) is 0 Å². The number of nitrogens with two attached hydrogens (primary N) is 1. The summed E-state index contributed by atoms with van der Waals surface area (Å²) in [5.74, 6) is 0.152. The smallest absolute Gasteiger partial charge is 0.307 e. The largest absolute Gasteiger partial charge is 0.497 e. The minimum Gasteiger partial charge on any atom is -0.497 e. The van der Waals surface area contributed by atoms with E-state index in [4.69, 9.17) is 19.6 Å². The molecule has 0 aliphatic carbocycles. The third-order valence-electron chi connectivity index (χ3n) is 5.15. The van der Waals surface area contributed by atoms with Gasteiger partial charge in [0, 0.05) is 29.1 Å². The van der Waals surface area contributed by atoms with Gasteiger partial charge in [-0.2, -0.15) is 0 Å². The third-order valence-corrected chi connectivity index (χ3v) is 5.15. The lowest BCUT2D eigenvalue weighted by molar-refractivity contribution is -0.136. The van der Waals surface area contributed by atoms with Crippen LogP contribution in [0, 0.1) is 0 Å². The molecule has 6 nitrogen and oxygen atoms in total. The predicted molar refractivity (Wildman–Crippen MR) is 118 cm³/mol. The molecule has 0 saturated heterocycles. The van der Waals surface area contributed by atoms with Crippen LogP contribution in [0.25, 0.3) is 22.1 Å². The summed E-state index contributed by atoms with van der Waals surface area (Å²) in [6.07, 6.45) is 1.54. The van der Waals surface area contributed by atoms with Crippen molar-refractivity contribution in [1.29, 1.82) is 0 Å². The fraction of sp³-hybridized carbons (Fsp3) is 0.160. The van der Waals surface area contributed by atoms with E-state index in [0.717, 1.165) is 33.2 Å². The molecule has 0 saturated carbocycles. The Morgan fingerprint density at radius 3 is 2.65 bits per heavy atom. The van der Waals surface area contributed by atoms with Gasteiger partial charge in [-0.05, 0) is 41.0 Å². The number of carboxylic acids is 1. The molecule has 0 aliphatic rings. The molecule has 0 amide bonds. The van der Waals surface area contributed by atoms with Gasteiger partial charge in [-0.15, -0.1) is 0 Å². The van der Waals surface area contributed by atoms with Crippen LogP contribution >= 0.6 is 0 Å². The summed E-state index contributed by atoms with van der Waals surface area (Å²) in [6, 6.07) is 19.3. The Labute approximate surface area is 179 Å². The highest BCUT2D eigenvalue weighted by Crippen LogP contribution is 2.31. The van der Waals surface area contributed by atoms with E-state index in [9.17, 15) is 9.90 Å². The number of rotatable bonds is 8. The van der Waals surface area contributed by atoms with Gasteiger partial charge in [0.25, 0.3) is 0 Å². The number of carbonyl (C=O) groups is 1. The SMILES string of the molecule is COc1ccc(CC(=O)O)c(OCc2coc3ccc(-c4cccc(CN)c4)cc23)c1. The number of carboxylic acid groups (broad SMARTS) is 1. The summed E-state index contributed by atoms with van der Waals surface area (Å²) in [4.78, 5) is 11.2. The fourth-order valence-corrected chi connectivity index (χ4v) is 3.51. The molecule has 1 heterocycles. The normalized spacial score (nSPS) is 10.9. The fourth-order valence-electron chi connectivity index (χ4n) is 3.51. The summed E-state index contributed by atoms with van der Waals surface area (Å²) in [5, 5.41) is 10.1. The zero-order valence-electron chi connectivity index (χ0n) is 17.1. The molecular weight excluding hydrogens is 394 g/mol. The van der Waals surface area contributed by atoms with Crippen LogP contribution in [0.4, 0.5) is 0 Å². The molecule has 0 radical (unpaired) electrons. The number of hydrogen-bond acceptors (Lipinski definition) is 5. The average molecular weight is 417 g/mol. The lowest BCUT2D eigenvalue weighted by Crippen LogP contribution is -2.04.